The van der Waals surface area contributed by atoms with Crippen LogP contribution in [0.3, 0.4) is 0 Å². The number of rotatable bonds is 1. The van der Waals surface area contributed by atoms with Crippen molar-refractivity contribution in [3.05, 3.63) is 34.4 Å². The summed E-state index contributed by atoms with van der Waals surface area (Å²) in [7, 11) is 0. The zero-order valence-corrected chi connectivity index (χ0v) is 9.43. The van der Waals surface area contributed by atoms with Crippen LogP contribution in [0.15, 0.2) is 28.9 Å². The summed E-state index contributed by atoms with van der Waals surface area (Å²) in [6.45, 7) is 5.35. The molecule has 0 aliphatic carbocycles. The van der Waals surface area contributed by atoms with Crippen LogP contribution >= 0.6 is 15.9 Å². The Bertz CT molecular complexity index is 443. The van der Waals surface area contributed by atoms with Crippen LogP contribution in [0.1, 0.15) is 12.5 Å². The molecule has 0 unspecified atom stereocenters. The first-order chi connectivity index (χ1) is 6.22. The molecule has 0 spiro atoms. The summed E-state index contributed by atoms with van der Waals surface area (Å²) >= 11 is 3.49. The largest absolute Gasteiger partial charge is 0.347 e. The summed E-state index contributed by atoms with van der Waals surface area (Å²) < 4.78 is 3.42. The minimum Gasteiger partial charge on any atom is -0.347 e. The smallest absolute Gasteiger partial charge is 0.0494 e. The lowest BCUT2D eigenvalue weighted by atomic mass is 10.2. The van der Waals surface area contributed by atoms with E-state index in [0.29, 0.717) is 0 Å². The van der Waals surface area contributed by atoms with Gasteiger partial charge in [-0.15, -0.1) is 0 Å². The molecule has 2 rings (SSSR count). The third kappa shape index (κ3) is 1.39. The fraction of sp³-hybridized carbons (Fsp3) is 0.273. The van der Waals surface area contributed by atoms with Gasteiger partial charge in [-0.2, -0.15) is 0 Å². The van der Waals surface area contributed by atoms with Gasteiger partial charge in [0.15, 0.2) is 0 Å². The summed E-state index contributed by atoms with van der Waals surface area (Å²) in [6.07, 6.45) is 2.21. The van der Waals surface area contributed by atoms with Crippen LogP contribution in [-0.4, -0.2) is 4.57 Å². The van der Waals surface area contributed by atoms with Gasteiger partial charge in [0.1, 0.15) is 0 Å². The second kappa shape index (κ2) is 3.18. The summed E-state index contributed by atoms with van der Waals surface area (Å²) in [6, 6.07) is 6.43. The number of halogens is 1. The lowest BCUT2D eigenvalue weighted by Crippen LogP contribution is -1.89. The van der Waals surface area contributed by atoms with Crippen LogP contribution in [-0.2, 0) is 6.54 Å². The van der Waals surface area contributed by atoms with Gasteiger partial charge in [0, 0.05) is 28.1 Å². The lowest BCUT2D eigenvalue weighted by Gasteiger charge is -1.99. The number of aryl methyl sites for hydroxylation is 2. The van der Waals surface area contributed by atoms with Crippen molar-refractivity contribution in [2.24, 2.45) is 0 Å². The van der Waals surface area contributed by atoms with Crippen molar-refractivity contribution >= 4 is 26.8 Å². The lowest BCUT2D eigenvalue weighted by molar-refractivity contribution is 0.795. The maximum Gasteiger partial charge on any atom is 0.0494 e. The molecule has 1 nitrogen and oxygen atoms in total. The fourth-order valence-electron chi connectivity index (χ4n) is 1.71. The molecule has 0 amide bonds. The average Bonchev–Trinajstić information content (AvgIpc) is 2.42. The van der Waals surface area contributed by atoms with Crippen LogP contribution in [0.2, 0.25) is 0 Å². The first-order valence-corrected chi connectivity index (χ1v) is 5.26. The van der Waals surface area contributed by atoms with Crippen molar-refractivity contribution in [3.8, 4) is 0 Å². The predicted octanol–water partition coefficient (Wildman–Crippen LogP) is 3.73. The minimum absolute atomic E-state index is 1.03. The standard InChI is InChI=1S/C11H12BrN/c1-3-13-7-8(2)10-5-4-9(12)6-11(10)13/h4-7H,3H2,1-2H3. The molecule has 0 bridgehead atoms. The van der Waals surface area contributed by atoms with Crippen LogP contribution in [0.5, 0.6) is 0 Å². The Kier molecular flexibility index (Phi) is 2.16. The first kappa shape index (κ1) is 8.82. The van der Waals surface area contributed by atoms with Gasteiger partial charge in [0.25, 0.3) is 0 Å². The molecule has 1 aromatic carbocycles. The second-order valence-corrected chi connectivity index (χ2v) is 4.18. The first-order valence-electron chi connectivity index (χ1n) is 4.47. The highest BCUT2D eigenvalue weighted by atomic mass is 79.9. The Morgan fingerprint density at radius 1 is 1.38 bits per heavy atom. The van der Waals surface area contributed by atoms with Crippen molar-refractivity contribution in [1.82, 2.24) is 4.57 Å². The van der Waals surface area contributed by atoms with E-state index in [-0.39, 0.29) is 0 Å². The molecular formula is C11H12BrN. The molecule has 13 heavy (non-hydrogen) atoms. The van der Waals surface area contributed by atoms with Crippen LogP contribution in [0.25, 0.3) is 10.9 Å². The molecule has 2 heteroatoms. The molecule has 0 saturated carbocycles. The quantitative estimate of drug-likeness (QED) is 0.713. The van der Waals surface area contributed by atoms with Crippen LogP contribution in [0, 0.1) is 6.92 Å². The molecule has 0 N–H and O–H groups in total. The van der Waals surface area contributed by atoms with Crippen molar-refractivity contribution in [3.63, 3.8) is 0 Å². The van der Waals surface area contributed by atoms with Gasteiger partial charge in [-0.05, 0) is 31.5 Å². The highest BCUT2D eigenvalue weighted by molar-refractivity contribution is 9.10. The topological polar surface area (TPSA) is 4.93 Å². The van der Waals surface area contributed by atoms with E-state index in [4.69, 9.17) is 0 Å². The highest BCUT2D eigenvalue weighted by Gasteiger charge is 2.03. The van der Waals surface area contributed by atoms with Gasteiger partial charge >= 0.3 is 0 Å². The monoisotopic (exact) mass is 237 g/mol. The fourth-order valence-corrected chi connectivity index (χ4v) is 2.06. The molecular weight excluding hydrogens is 226 g/mol. The molecule has 0 fully saturated rings. The Balaban J connectivity index is 2.81. The second-order valence-electron chi connectivity index (χ2n) is 3.26. The summed E-state index contributed by atoms with van der Waals surface area (Å²) in [5, 5.41) is 1.35. The van der Waals surface area contributed by atoms with Gasteiger partial charge in [-0.25, -0.2) is 0 Å². The number of nitrogens with zero attached hydrogens (tertiary/aromatic N) is 1. The average molecular weight is 238 g/mol. The Labute approximate surface area is 86.5 Å². The maximum absolute atomic E-state index is 3.49. The number of hydrogen-bond donors (Lipinski definition) is 0. The summed E-state index contributed by atoms with van der Waals surface area (Å²) in [5.74, 6) is 0. The molecule has 68 valence electrons. The Morgan fingerprint density at radius 2 is 2.15 bits per heavy atom. The van der Waals surface area contributed by atoms with Crippen molar-refractivity contribution in [2.45, 2.75) is 20.4 Å². The van der Waals surface area contributed by atoms with E-state index in [1.54, 1.807) is 0 Å². The van der Waals surface area contributed by atoms with Gasteiger partial charge < -0.3 is 4.57 Å². The van der Waals surface area contributed by atoms with Gasteiger partial charge in [0.05, 0.1) is 0 Å². The van der Waals surface area contributed by atoms with Gasteiger partial charge in [-0.1, -0.05) is 22.0 Å². The van der Waals surface area contributed by atoms with Crippen LogP contribution in [0.4, 0.5) is 0 Å². The number of aromatic nitrogens is 1. The van der Waals surface area contributed by atoms with Gasteiger partial charge in [0.2, 0.25) is 0 Å². The minimum atomic E-state index is 1.03. The maximum atomic E-state index is 3.49. The molecule has 1 aromatic heterocycles. The molecule has 1 heterocycles. The van der Waals surface area contributed by atoms with E-state index >= 15 is 0 Å². The van der Waals surface area contributed by atoms with Crippen LogP contribution < -0.4 is 0 Å². The van der Waals surface area contributed by atoms with E-state index < -0.39 is 0 Å². The Hall–Kier alpha value is -0.760. The molecule has 0 aliphatic rings. The van der Waals surface area contributed by atoms with E-state index in [1.807, 2.05) is 0 Å². The summed E-state index contributed by atoms with van der Waals surface area (Å²) in [4.78, 5) is 0. The number of benzene rings is 1. The van der Waals surface area contributed by atoms with E-state index in [0.717, 1.165) is 11.0 Å². The van der Waals surface area contributed by atoms with Crippen molar-refractivity contribution < 1.29 is 0 Å². The Morgan fingerprint density at radius 3 is 2.85 bits per heavy atom. The predicted molar refractivity (Wildman–Crippen MR) is 60.0 cm³/mol. The third-order valence-electron chi connectivity index (χ3n) is 2.38. The zero-order valence-electron chi connectivity index (χ0n) is 7.84. The van der Waals surface area contributed by atoms with Crippen molar-refractivity contribution in [1.29, 1.82) is 0 Å². The van der Waals surface area contributed by atoms with E-state index in [9.17, 15) is 0 Å². The number of hydrogen-bond acceptors (Lipinski definition) is 0. The SMILES string of the molecule is CCn1cc(C)c2ccc(Br)cc21. The van der Waals surface area contributed by atoms with E-state index in [1.165, 1.54) is 16.5 Å². The van der Waals surface area contributed by atoms with Crippen molar-refractivity contribution in [2.75, 3.05) is 0 Å². The normalized spacial score (nSPS) is 11.0. The molecule has 0 radical (unpaired) electrons. The third-order valence-corrected chi connectivity index (χ3v) is 2.88. The highest BCUT2D eigenvalue weighted by Crippen LogP contribution is 2.24. The molecule has 0 atom stereocenters. The zero-order chi connectivity index (χ0) is 9.42. The summed E-state index contributed by atoms with van der Waals surface area (Å²) in [5.41, 5.74) is 2.67. The van der Waals surface area contributed by atoms with E-state index in [2.05, 4.69) is 58.7 Å². The molecule has 0 aliphatic heterocycles. The molecule has 0 saturated heterocycles. The number of fused-ring (bicyclic) bond motifs is 1. The molecule has 2 aromatic rings. The van der Waals surface area contributed by atoms with Gasteiger partial charge in [-0.3, -0.25) is 0 Å².